The number of halogens is 1. The van der Waals surface area contributed by atoms with Gasteiger partial charge in [0, 0.05) is 23.7 Å². The van der Waals surface area contributed by atoms with Crippen LogP contribution in [0.3, 0.4) is 0 Å². The van der Waals surface area contributed by atoms with E-state index in [4.69, 9.17) is 11.6 Å². The van der Waals surface area contributed by atoms with Gasteiger partial charge >= 0.3 is 0 Å². The van der Waals surface area contributed by atoms with E-state index >= 15 is 0 Å². The summed E-state index contributed by atoms with van der Waals surface area (Å²) in [5, 5.41) is 10.5. The maximum absolute atomic E-state index is 11.6. The van der Waals surface area contributed by atoms with Gasteiger partial charge in [-0.2, -0.15) is 0 Å². The molecule has 17 heavy (non-hydrogen) atoms. The molecule has 1 aromatic carbocycles. The molecule has 0 aliphatic rings. The monoisotopic (exact) mass is 276 g/mol. The van der Waals surface area contributed by atoms with Crippen molar-refractivity contribution in [2.24, 2.45) is 0 Å². The minimum Gasteiger partial charge on any atom is -0.258 e. The molecule has 8 heteroatoms. The average molecular weight is 277 g/mol. The highest BCUT2D eigenvalue weighted by atomic mass is 35.5. The van der Waals surface area contributed by atoms with E-state index in [2.05, 4.69) is 11.3 Å². The Morgan fingerprint density at radius 3 is 2.35 bits per heavy atom. The summed E-state index contributed by atoms with van der Waals surface area (Å²) in [6.45, 7) is 3.24. The van der Waals surface area contributed by atoms with E-state index in [1.54, 1.807) is 0 Å². The highest BCUT2D eigenvalue weighted by Crippen LogP contribution is 2.15. The lowest BCUT2D eigenvalue weighted by Gasteiger charge is -2.05. The first kappa shape index (κ1) is 13.6. The molecule has 0 amide bonds. The molecule has 0 heterocycles. The van der Waals surface area contributed by atoms with Crippen LogP contribution >= 0.6 is 11.6 Å². The van der Waals surface area contributed by atoms with Crippen molar-refractivity contribution in [2.45, 2.75) is 4.90 Å². The molecule has 1 aromatic rings. The average Bonchev–Trinajstić information content (AvgIpc) is 2.27. The van der Waals surface area contributed by atoms with Gasteiger partial charge in [0.25, 0.3) is 5.69 Å². The van der Waals surface area contributed by atoms with Crippen molar-refractivity contribution in [1.29, 1.82) is 0 Å². The Labute approximate surface area is 103 Å². The fraction of sp³-hybridized carbons (Fsp3) is 0.111. The number of nitrogens with zero attached hydrogens (tertiary/aromatic N) is 1. The van der Waals surface area contributed by atoms with E-state index in [0.29, 0.717) is 0 Å². The van der Waals surface area contributed by atoms with Crippen LogP contribution in [0.1, 0.15) is 0 Å². The number of nitrogens with one attached hydrogen (secondary N) is 1. The molecule has 0 saturated heterocycles. The molecule has 0 bridgehead atoms. The maximum Gasteiger partial charge on any atom is 0.269 e. The summed E-state index contributed by atoms with van der Waals surface area (Å²) in [4.78, 5) is 9.71. The van der Waals surface area contributed by atoms with Gasteiger partial charge in [0.1, 0.15) is 0 Å². The van der Waals surface area contributed by atoms with Crippen LogP contribution in [0, 0.1) is 10.1 Å². The third-order valence-corrected chi connectivity index (χ3v) is 3.36. The number of nitro groups is 1. The number of rotatable bonds is 5. The molecule has 0 aromatic heterocycles. The van der Waals surface area contributed by atoms with Crippen molar-refractivity contribution >= 4 is 27.3 Å². The van der Waals surface area contributed by atoms with E-state index in [-0.39, 0.29) is 22.2 Å². The summed E-state index contributed by atoms with van der Waals surface area (Å²) in [5.74, 6) is 0. The lowest BCUT2D eigenvalue weighted by Crippen LogP contribution is -2.24. The largest absolute Gasteiger partial charge is 0.269 e. The summed E-state index contributed by atoms with van der Waals surface area (Å²) < 4.78 is 25.5. The van der Waals surface area contributed by atoms with Crippen LogP contribution in [0.25, 0.3) is 0 Å². The standard InChI is InChI=1S/C9H9ClN2O4S/c1-7(10)6-11-17(15,16)9-4-2-8(3-5-9)12(13)14/h2-5,11H,1,6H2. The Hall–Kier alpha value is -1.44. The number of sulfonamides is 1. The lowest BCUT2D eigenvalue weighted by molar-refractivity contribution is -0.384. The molecular weight excluding hydrogens is 268 g/mol. The fourth-order valence-electron chi connectivity index (χ4n) is 1.00. The zero-order chi connectivity index (χ0) is 13.1. The molecular formula is C9H9ClN2O4S. The van der Waals surface area contributed by atoms with Gasteiger partial charge in [-0.3, -0.25) is 10.1 Å². The summed E-state index contributed by atoms with van der Waals surface area (Å²) in [6, 6.07) is 4.53. The van der Waals surface area contributed by atoms with Crippen molar-refractivity contribution < 1.29 is 13.3 Å². The van der Waals surface area contributed by atoms with Crippen LogP contribution in [0.4, 0.5) is 5.69 Å². The van der Waals surface area contributed by atoms with Gasteiger partial charge < -0.3 is 0 Å². The predicted molar refractivity (Wildman–Crippen MR) is 63.3 cm³/mol. The van der Waals surface area contributed by atoms with E-state index in [1.165, 1.54) is 0 Å². The third kappa shape index (κ3) is 3.81. The first-order chi connectivity index (χ1) is 7.83. The predicted octanol–water partition coefficient (Wildman–Crippen LogP) is 1.63. The normalized spacial score (nSPS) is 11.1. The van der Waals surface area contributed by atoms with Crippen molar-refractivity contribution in [3.05, 3.63) is 46.0 Å². The molecule has 0 spiro atoms. The molecule has 0 atom stereocenters. The number of nitro benzene ring substituents is 1. The van der Waals surface area contributed by atoms with Crippen LogP contribution in [0.15, 0.2) is 40.8 Å². The fourth-order valence-corrected chi connectivity index (χ4v) is 2.18. The number of non-ortho nitro benzene ring substituents is 1. The van der Waals surface area contributed by atoms with Crippen LogP contribution in [-0.4, -0.2) is 19.9 Å². The molecule has 92 valence electrons. The lowest BCUT2D eigenvalue weighted by atomic mass is 10.3. The molecule has 0 aliphatic heterocycles. The molecule has 0 saturated carbocycles. The Kier molecular flexibility index (Phi) is 4.22. The Morgan fingerprint density at radius 1 is 1.41 bits per heavy atom. The van der Waals surface area contributed by atoms with Gasteiger partial charge in [0.2, 0.25) is 10.0 Å². The maximum atomic E-state index is 11.6. The van der Waals surface area contributed by atoms with Crippen molar-refractivity contribution in [1.82, 2.24) is 4.72 Å². The molecule has 1 N–H and O–H groups in total. The summed E-state index contributed by atoms with van der Waals surface area (Å²) in [5.41, 5.74) is -0.175. The third-order valence-electron chi connectivity index (χ3n) is 1.81. The topological polar surface area (TPSA) is 89.3 Å². The van der Waals surface area contributed by atoms with Crippen LogP contribution in [0.5, 0.6) is 0 Å². The molecule has 0 radical (unpaired) electrons. The highest BCUT2D eigenvalue weighted by molar-refractivity contribution is 7.89. The van der Waals surface area contributed by atoms with Crippen molar-refractivity contribution in [3.8, 4) is 0 Å². The number of benzene rings is 1. The van der Waals surface area contributed by atoms with Gasteiger partial charge in [-0.15, -0.1) is 0 Å². The molecule has 0 aliphatic carbocycles. The zero-order valence-electron chi connectivity index (χ0n) is 8.59. The van der Waals surface area contributed by atoms with Crippen LogP contribution in [-0.2, 0) is 10.0 Å². The van der Waals surface area contributed by atoms with Crippen molar-refractivity contribution in [3.63, 3.8) is 0 Å². The summed E-state index contributed by atoms with van der Waals surface area (Å²) >= 11 is 5.43. The number of hydrogen-bond acceptors (Lipinski definition) is 4. The summed E-state index contributed by atoms with van der Waals surface area (Å²) in [6.07, 6.45) is 0. The molecule has 1 rings (SSSR count). The van der Waals surface area contributed by atoms with Crippen LogP contribution in [0.2, 0.25) is 0 Å². The molecule has 0 unspecified atom stereocenters. The first-order valence-corrected chi connectivity index (χ1v) is 6.26. The quantitative estimate of drug-likeness (QED) is 0.654. The summed E-state index contributed by atoms with van der Waals surface area (Å²) in [7, 11) is -3.72. The minimum atomic E-state index is -3.72. The van der Waals surface area contributed by atoms with Gasteiger partial charge in [0.15, 0.2) is 0 Å². The Bertz CT molecular complexity index is 539. The highest BCUT2D eigenvalue weighted by Gasteiger charge is 2.15. The van der Waals surface area contributed by atoms with Gasteiger partial charge in [-0.1, -0.05) is 18.2 Å². The van der Waals surface area contributed by atoms with E-state index in [9.17, 15) is 18.5 Å². The second-order valence-electron chi connectivity index (χ2n) is 3.09. The zero-order valence-corrected chi connectivity index (χ0v) is 10.2. The molecule has 0 fully saturated rings. The van der Waals surface area contributed by atoms with Crippen molar-refractivity contribution in [2.75, 3.05) is 6.54 Å². The smallest absolute Gasteiger partial charge is 0.258 e. The Morgan fingerprint density at radius 2 is 1.94 bits per heavy atom. The molecule has 6 nitrogen and oxygen atoms in total. The number of hydrogen-bond donors (Lipinski definition) is 1. The first-order valence-electron chi connectivity index (χ1n) is 4.40. The van der Waals surface area contributed by atoms with E-state index in [1.807, 2.05) is 0 Å². The van der Waals surface area contributed by atoms with E-state index in [0.717, 1.165) is 24.3 Å². The van der Waals surface area contributed by atoms with Crippen LogP contribution < -0.4 is 4.72 Å². The van der Waals surface area contributed by atoms with Gasteiger partial charge in [-0.25, -0.2) is 13.1 Å². The SMILES string of the molecule is C=C(Cl)CNS(=O)(=O)c1ccc([N+](=O)[O-])cc1. The second-order valence-corrected chi connectivity index (χ2v) is 5.39. The van der Waals surface area contributed by atoms with Gasteiger partial charge in [-0.05, 0) is 12.1 Å². The second kappa shape index (κ2) is 5.26. The van der Waals surface area contributed by atoms with E-state index < -0.39 is 14.9 Å². The Balaban J connectivity index is 2.92. The minimum absolute atomic E-state index is 0.0685. The van der Waals surface area contributed by atoms with Gasteiger partial charge in [0.05, 0.1) is 9.82 Å².